The lowest BCUT2D eigenvalue weighted by molar-refractivity contribution is 0.273. The number of nitrogens with one attached hydrogen (secondary N) is 1. The van der Waals surface area contributed by atoms with Crippen LogP contribution >= 0.6 is 0 Å². The third kappa shape index (κ3) is 2.78. The van der Waals surface area contributed by atoms with Gasteiger partial charge in [0, 0.05) is 12.5 Å². The standard InChI is InChI=1S/C14H24N2/c1-2-3-4-5-14(16-15)10-13-9-11-6-7-12(13)8-11/h11-14,16H,4-10,15H2,1H3. The summed E-state index contributed by atoms with van der Waals surface area (Å²) in [4.78, 5) is 0. The second-order valence-electron chi connectivity index (χ2n) is 5.50. The molecular weight excluding hydrogens is 196 g/mol. The minimum atomic E-state index is 0.477. The molecular formula is C14H24N2. The minimum Gasteiger partial charge on any atom is -0.271 e. The summed E-state index contributed by atoms with van der Waals surface area (Å²) in [6.45, 7) is 1.90. The van der Waals surface area contributed by atoms with Crippen LogP contribution in [0.2, 0.25) is 0 Å². The molecule has 0 spiro atoms. The average Bonchev–Trinajstić information content (AvgIpc) is 2.89. The lowest BCUT2D eigenvalue weighted by Gasteiger charge is -2.26. The quantitative estimate of drug-likeness (QED) is 0.424. The molecule has 0 amide bonds. The Morgan fingerprint density at radius 2 is 2.25 bits per heavy atom. The van der Waals surface area contributed by atoms with Crippen molar-refractivity contribution in [1.82, 2.24) is 5.43 Å². The third-order valence-corrected chi connectivity index (χ3v) is 4.50. The van der Waals surface area contributed by atoms with Crippen LogP contribution in [0.4, 0.5) is 0 Å². The predicted octanol–water partition coefficient (Wildman–Crippen LogP) is 2.45. The molecule has 0 aromatic carbocycles. The molecule has 0 radical (unpaired) electrons. The number of hydrazine groups is 1. The van der Waals surface area contributed by atoms with Crippen LogP contribution in [0.3, 0.4) is 0 Å². The van der Waals surface area contributed by atoms with E-state index in [9.17, 15) is 0 Å². The molecule has 0 aromatic rings. The molecule has 16 heavy (non-hydrogen) atoms. The fraction of sp³-hybridized carbons (Fsp3) is 0.857. The third-order valence-electron chi connectivity index (χ3n) is 4.50. The van der Waals surface area contributed by atoms with Gasteiger partial charge in [0.2, 0.25) is 0 Å². The highest BCUT2D eigenvalue weighted by molar-refractivity contribution is 4.96. The zero-order valence-electron chi connectivity index (χ0n) is 10.3. The highest BCUT2D eigenvalue weighted by Gasteiger charge is 2.39. The molecule has 0 heterocycles. The molecule has 4 unspecified atom stereocenters. The maximum absolute atomic E-state index is 5.63. The predicted molar refractivity (Wildman–Crippen MR) is 67.4 cm³/mol. The van der Waals surface area contributed by atoms with E-state index in [0.717, 1.165) is 30.6 Å². The zero-order valence-corrected chi connectivity index (χ0v) is 10.3. The van der Waals surface area contributed by atoms with Crippen LogP contribution < -0.4 is 11.3 Å². The first kappa shape index (κ1) is 12.0. The Balaban J connectivity index is 1.75. The van der Waals surface area contributed by atoms with Gasteiger partial charge in [-0.15, -0.1) is 11.8 Å². The van der Waals surface area contributed by atoms with E-state index >= 15 is 0 Å². The van der Waals surface area contributed by atoms with Crippen LogP contribution in [0.1, 0.15) is 51.9 Å². The van der Waals surface area contributed by atoms with Crippen molar-refractivity contribution < 1.29 is 0 Å². The fourth-order valence-corrected chi connectivity index (χ4v) is 3.67. The highest BCUT2D eigenvalue weighted by Crippen LogP contribution is 2.49. The van der Waals surface area contributed by atoms with Crippen molar-refractivity contribution in [3.05, 3.63) is 0 Å². The molecule has 90 valence electrons. The van der Waals surface area contributed by atoms with Crippen molar-refractivity contribution in [3.8, 4) is 11.8 Å². The van der Waals surface area contributed by atoms with Crippen molar-refractivity contribution in [2.75, 3.05) is 0 Å². The van der Waals surface area contributed by atoms with Crippen molar-refractivity contribution in [1.29, 1.82) is 0 Å². The van der Waals surface area contributed by atoms with Crippen molar-refractivity contribution in [2.45, 2.75) is 57.9 Å². The molecule has 2 saturated carbocycles. The van der Waals surface area contributed by atoms with Gasteiger partial charge in [-0.2, -0.15) is 0 Å². The van der Waals surface area contributed by atoms with Gasteiger partial charge in [0.15, 0.2) is 0 Å². The van der Waals surface area contributed by atoms with E-state index in [-0.39, 0.29) is 0 Å². The van der Waals surface area contributed by atoms with E-state index < -0.39 is 0 Å². The van der Waals surface area contributed by atoms with Gasteiger partial charge < -0.3 is 0 Å². The lowest BCUT2D eigenvalue weighted by Crippen LogP contribution is -2.37. The van der Waals surface area contributed by atoms with Gasteiger partial charge in [-0.3, -0.25) is 11.3 Å². The minimum absolute atomic E-state index is 0.477. The summed E-state index contributed by atoms with van der Waals surface area (Å²) in [5, 5.41) is 0. The van der Waals surface area contributed by atoms with Gasteiger partial charge in [-0.25, -0.2) is 0 Å². The van der Waals surface area contributed by atoms with E-state index in [1.807, 2.05) is 6.92 Å². The normalized spacial score (nSPS) is 33.5. The van der Waals surface area contributed by atoms with Crippen LogP contribution in [0.15, 0.2) is 0 Å². The van der Waals surface area contributed by atoms with E-state index in [1.165, 1.54) is 32.1 Å². The van der Waals surface area contributed by atoms with Crippen LogP contribution in [0.25, 0.3) is 0 Å². The van der Waals surface area contributed by atoms with E-state index in [0.29, 0.717) is 6.04 Å². The van der Waals surface area contributed by atoms with Crippen LogP contribution in [-0.4, -0.2) is 6.04 Å². The largest absolute Gasteiger partial charge is 0.271 e. The van der Waals surface area contributed by atoms with Crippen molar-refractivity contribution in [2.24, 2.45) is 23.6 Å². The number of hydrogen-bond acceptors (Lipinski definition) is 2. The first-order valence-corrected chi connectivity index (χ1v) is 6.69. The second kappa shape index (κ2) is 5.70. The van der Waals surface area contributed by atoms with Gasteiger partial charge in [-0.1, -0.05) is 6.42 Å². The van der Waals surface area contributed by atoms with Crippen LogP contribution in [0, 0.1) is 29.6 Å². The maximum atomic E-state index is 5.63. The Labute approximate surface area is 99.3 Å². The summed E-state index contributed by atoms with van der Waals surface area (Å²) < 4.78 is 0. The molecule has 2 rings (SSSR count). The SMILES string of the molecule is CC#CCCC(CC1CC2CCC1C2)NN. The average molecular weight is 220 g/mol. The molecule has 2 heteroatoms. The summed E-state index contributed by atoms with van der Waals surface area (Å²) in [6.07, 6.45) is 9.27. The topological polar surface area (TPSA) is 38.0 Å². The van der Waals surface area contributed by atoms with Gasteiger partial charge in [-0.05, 0) is 56.8 Å². The van der Waals surface area contributed by atoms with E-state index in [4.69, 9.17) is 5.84 Å². The molecule has 0 aliphatic heterocycles. The molecule has 0 aromatic heterocycles. The maximum Gasteiger partial charge on any atom is 0.0222 e. The van der Waals surface area contributed by atoms with E-state index in [1.54, 1.807) is 0 Å². The summed E-state index contributed by atoms with van der Waals surface area (Å²) in [7, 11) is 0. The zero-order chi connectivity index (χ0) is 11.4. The number of rotatable bonds is 5. The van der Waals surface area contributed by atoms with Gasteiger partial charge in [0.1, 0.15) is 0 Å². The Morgan fingerprint density at radius 3 is 2.81 bits per heavy atom. The van der Waals surface area contributed by atoms with Crippen molar-refractivity contribution in [3.63, 3.8) is 0 Å². The molecule has 2 bridgehead atoms. The molecule has 2 nitrogen and oxygen atoms in total. The Morgan fingerprint density at radius 1 is 1.38 bits per heavy atom. The van der Waals surface area contributed by atoms with Crippen LogP contribution in [-0.2, 0) is 0 Å². The smallest absolute Gasteiger partial charge is 0.0222 e. The van der Waals surface area contributed by atoms with Crippen molar-refractivity contribution >= 4 is 0 Å². The number of nitrogens with two attached hydrogens (primary N) is 1. The number of fused-ring (bicyclic) bond motifs is 2. The highest BCUT2D eigenvalue weighted by atomic mass is 15.2. The molecule has 2 aliphatic rings. The van der Waals surface area contributed by atoms with Crippen LogP contribution in [0.5, 0.6) is 0 Å². The molecule has 2 fully saturated rings. The van der Waals surface area contributed by atoms with E-state index in [2.05, 4.69) is 17.3 Å². The van der Waals surface area contributed by atoms with Gasteiger partial charge in [0.05, 0.1) is 0 Å². The summed E-state index contributed by atoms with van der Waals surface area (Å²) >= 11 is 0. The molecule has 0 saturated heterocycles. The summed E-state index contributed by atoms with van der Waals surface area (Å²) in [6, 6.07) is 0.477. The molecule has 3 N–H and O–H groups in total. The molecule has 2 aliphatic carbocycles. The Bertz CT molecular complexity index is 276. The first-order chi connectivity index (χ1) is 7.83. The first-order valence-electron chi connectivity index (χ1n) is 6.69. The lowest BCUT2D eigenvalue weighted by atomic mass is 9.83. The Kier molecular flexibility index (Phi) is 4.26. The van der Waals surface area contributed by atoms with Gasteiger partial charge in [0.25, 0.3) is 0 Å². The molecule has 4 atom stereocenters. The fourth-order valence-electron chi connectivity index (χ4n) is 3.67. The monoisotopic (exact) mass is 220 g/mol. The second-order valence-corrected chi connectivity index (χ2v) is 5.50. The summed E-state index contributed by atoms with van der Waals surface area (Å²) in [5.74, 6) is 14.7. The van der Waals surface area contributed by atoms with Gasteiger partial charge >= 0.3 is 0 Å². The Hall–Kier alpha value is -0.520. The summed E-state index contributed by atoms with van der Waals surface area (Å²) in [5.41, 5.74) is 2.98. The number of hydrogen-bond donors (Lipinski definition) is 2.